The third-order valence-electron chi connectivity index (χ3n) is 6.76. The van der Waals surface area contributed by atoms with Gasteiger partial charge >= 0.3 is 5.69 Å². The molecule has 0 spiro atoms. The van der Waals surface area contributed by atoms with Crippen LogP contribution >= 0.6 is 0 Å². The Balaban J connectivity index is 1.50. The van der Waals surface area contributed by atoms with Crippen LogP contribution in [-0.2, 0) is 16.1 Å². The average molecular weight is 414 g/mol. The SMILES string of the molecule is NC(=O)C1([NH+]2CCCCC2)CCN(C(=O)Cn2c(=O)[nH]c3ccccc3c2=O)CC1. The van der Waals surface area contributed by atoms with Crippen molar-refractivity contribution in [2.75, 3.05) is 26.2 Å². The van der Waals surface area contributed by atoms with Gasteiger partial charge in [-0.1, -0.05) is 12.1 Å². The van der Waals surface area contributed by atoms with Gasteiger partial charge in [0.25, 0.3) is 11.5 Å². The van der Waals surface area contributed by atoms with E-state index >= 15 is 0 Å². The minimum atomic E-state index is -0.630. The van der Waals surface area contributed by atoms with Crippen LogP contribution in [0.2, 0.25) is 0 Å². The normalized spacial score (nSPS) is 19.7. The molecule has 2 amide bonds. The van der Waals surface area contributed by atoms with Crippen molar-refractivity contribution < 1.29 is 14.5 Å². The van der Waals surface area contributed by atoms with Gasteiger partial charge in [-0.15, -0.1) is 0 Å². The Kier molecular flexibility index (Phi) is 5.46. The fraction of sp³-hybridized carbons (Fsp3) is 0.524. The van der Waals surface area contributed by atoms with E-state index < -0.39 is 16.8 Å². The first-order valence-electron chi connectivity index (χ1n) is 10.6. The Morgan fingerprint density at radius 1 is 1.07 bits per heavy atom. The Morgan fingerprint density at radius 2 is 1.73 bits per heavy atom. The van der Waals surface area contributed by atoms with Crippen LogP contribution in [0.25, 0.3) is 10.9 Å². The zero-order chi connectivity index (χ0) is 21.3. The first kappa shape index (κ1) is 20.3. The van der Waals surface area contributed by atoms with Crippen molar-refractivity contribution in [2.24, 2.45) is 5.73 Å². The zero-order valence-electron chi connectivity index (χ0n) is 17.0. The lowest BCUT2D eigenvalue weighted by molar-refractivity contribution is -0.948. The van der Waals surface area contributed by atoms with Gasteiger partial charge in [-0.3, -0.25) is 19.0 Å². The van der Waals surface area contributed by atoms with Gasteiger partial charge in [0.15, 0.2) is 5.54 Å². The van der Waals surface area contributed by atoms with Crippen LogP contribution < -0.4 is 21.9 Å². The highest BCUT2D eigenvalue weighted by molar-refractivity contribution is 5.84. The number of nitrogens with one attached hydrogen (secondary N) is 2. The van der Waals surface area contributed by atoms with E-state index in [0.717, 1.165) is 30.5 Å². The smallest absolute Gasteiger partial charge is 0.329 e. The quantitative estimate of drug-likeness (QED) is 0.570. The van der Waals surface area contributed by atoms with Gasteiger partial charge in [-0.25, -0.2) is 4.79 Å². The molecule has 2 saturated heterocycles. The minimum absolute atomic E-state index is 0.298. The Hall–Kier alpha value is -2.94. The topological polar surface area (TPSA) is 123 Å². The second-order valence-electron chi connectivity index (χ2n) is 8.36. The average Bonchev–Trinajstić information content (AvgIpc) is 2.77. The van der Waals surface area contributed by atoms with E-state index in [-0.39, 0.29) is 18.4 Å². The number of aromatic amines is 1. The van der Waals surface area contributed by atoms with Crippen molar-refractivity contribution in [1.82, 2.24) is 14.5 Å². The van der Waals surface area contributed by atoms with E-state index in [4.69, 9.17) is 5.73 Å². The summed E-state index contributed by atoms with van der Waals surface area (Å²) in [6.07, 6.45) is 4.36. The maximum absolute atomic E-state index is 12.9. The summed E-state index contributed by atoms with van der Waals surface area (Å²) in [6.45, 7) is 2.33. The largest absolute Gasteiger partial charge is 0.364 e. The van der Waals surface area contributed by atoms with E-state index in [1.165, 1.54) is 11.3 Å². The molecule has 3 heterocycles. The van der Waals surface area contributed by atoms with Crippen LogP contribution in [0.5, 0.6) is 0 Å². The molecule has 0 saturated carbocycles. The van der Waals surface area contributed by atoms with Crippen LogP contribution in [0.3, 0.4) is 0 Å². The molecule has 1 aromatic heterocycles. The third-order valence-corrected chi connectivity index (χ3v) is 6.76. The monoisotopic (exact) mass is 414 g/mol. The summed E-state index contributed by atoms with van der Waals surface area (Å²) < 4.78 is 0.941. The van der Waals surface area contributed by atoms with Gasteiger partial charge in [0, 0.05) is 25.9 Å². The number of amides is 2. The number of rotatable bonds is 4. The molecule has 1 aromatic carbocycles. The highest BCUT2D eigenvalue weighted by Crippen LogP contribution is 2.21. The number of hydrogen-bond donors (Lipinski definition) is 3. The van der Waals surface area contributed by atoms with E-state index in [1.54, 1.807) is 29.2 Å². The Bertz CT molecular complexity index is 1070. The molecule has 0 radical (unpaired) electrons. The lowest BCUT2D eigenvalue weighted by atomic mass is 9.83. The Morgan fingerprint density at radius 3 is 2.40 bits per heavy atom. The predicted molar refractivity (Wildman–Crippen MR) is 111 cm³/mol. The van der Waals surface area contributed by atoms with E-state index in [2.05, 4.69) is 4.98 Å². The molecule has 2 aliphatic rings. The summed E-state index contributed by atoms with van der Waals surface area (Å²) in [5.41, 5.74) is 4.55. The van der Waals surface area contributed by atoms with Gasteiger partial charge in [-0.2, -0.15) is 0 Å². The van der Waals surface area contributed by atoms with Crippen LogP contribution in [0.1, 0.15) is 32.1 Å². The van der Waals surface area contributed by atoms with Crippen LogP contribution in [-0.4, -0.2) is 58.0 Å². The number of hydrogen-bond acceptors (Lipinski definition) is 4. The molecule has 9 nitrogen and oxygen atoms in total. The lowest BCUT2D eigenvalue weighted by Crippen LogP contribution is -3.22. The van der Waals surface area contributed by atoms with Crippen LogP contribution in [0.15, 0.2) is 33.9 Å². The second-order valence-corrected chi connectivity index (χ2v) is 8.36. The highest BCUT2D eigenvalue weighted by Gasteiger charge is 2.49. The number of carbonyl (C=O) groups excluding carboxylic acids is 2. The molecule has 4 rings (SSSR count). The number of nitrogens with zero attached hydrogens (tertiary/aromatic N) is 2. The van der Waals surface area contributed by atoms with Gasteiger partial charge < -0.3 is 20.5 Å². The molecule has 2 aliphatic heterocycles. The Labute approximate surface area is 173 Å². The molecule has 2 aromatic rings. The van der Waals surface area contributed by atoms with Gasteiger partial charge in [0.1, 0.15) is 6.54 Å². The number of benzene rings is 1. The molecular formula is C21H28N5O4+. The number of aromatic nitrogens is 2. The molecular weight excluding hydrogens is 386 g/mol. The van der Waals surface area contributed by atoms with Crippen molar-refractivity contribution in [3.8, 4) is 0 Å². The van der Waals surface area contributed by atoms with E-state index in [1.807, 2.05) is 0 Å². The van der Waals surface area contributed by atoms with E-state index in [0.29, 0.717) is 36.8 Å². The number of fused-ring (bicyclic) bond motifs is 1. The van der Waals surface area contributed by atoms with Gasteiger partial charge in [0.05, 0.1) is 24.0 Å². The third kappa shape index (κ3) is 3.54. The number of primary amides is 1. The molecule has 160 valence electrons. The highest BCUT2D eigenvalue weighted by atomic mass is 16.2. The number of piperidine rings is 2. The van der Waals surface area contributed by atoms with Crippen molar-refractivity contribution in [1.29, 1.82) is 0 Å². The number of H-pyrrole nitrogens is 1. The maximum atomic E-state index is 12.9. The number of carbonyl (C=O) groups is 2. The first-order chi connectivity index (χ1) is 14.4. The second kappa shape index (κ2) is 8.06. The fourth-order valence-corrected chi connectivity index (χ4v) is 4.95. The summed E-state index contributed by atoms with van der Waals surface area (Å²) in [5, 5.41) is 0.366. The molecule has 2 fully saturated rings. The molecule has 9 heteroatoms. The van der Waals surface area contributed by atoms with Gasteiger partial charge in [-0.05, 0) is 31.4 Å². The number of likely N-dealkylation sites (tertiary alicyclic amines) is 2. The minimum Gasteiger partial charge on any atom is -0.364 e. The first-order valence-corrected chi connectivity index (χ1v) is 10.6. The van der Waals surface area contributed by atoms with Crippen molar-refractivity contribution in [2.45, 2.75) is 44.2 Å². The summed E-state index contributed by atoms with van der Waals surface area (Å²) >= 11 is 0. The zero-order valence-corrected chi connectivity index (χ0v) is 17.0. The lowest BCUT2D eigenvalue weighted by Gasteiger charge is -2.45. The van der Waals surface area contributed by atoms with Crippen molar-refractivity contribution in [3.63, 3.8) is 0 Å². The summed E-state index contributed by atoms with van der Waals surface area (Å²) in [4.78, 5) is 55.8. The summed E-state index contributed by atoms with van der Waals surface area (Å²) in [6, 6.07) is 6.72. The molecule has 0 bridgehead atoms. The van der Waals surface area contributed by atoms with Crippen LogP contribution in [0.4, 0.5) is 0 Å². The van der Waals surface area contributed by atoms with E-state index in [9.17, 15) is 19.2 Å². The molecule has 4 N–H and O–H groups in total. The fourth-order valence-electron chi connectivity index (χ4n) is 4.95. The number of nitrogens with two attached hydrogens (primary N) is 1. The molecule has 0 unspecified atom stereocenters. The summed E-state index contributed by atoms with van der Waals surface area (Å²) in [5.74, 6) is -0.599. The summed E-state index contributed by atoms with van der Waals surface area (Å²) in [7, 11) is 0. The maximum Gasteiger partial charge on any atom is 0.329 e. The van der Waals surface area contributed by atoms with Crippen LogP contribution in [0, 0.1) is 0 Å². The standard InChI is InChI=1S/C21H27N5O4/c22-19(29)21(25-10-4-1-5-11-25)8-12-24(13-9-21)17(27)14-26-18(28)15-6-2-3-7-16(15)23-20(26)30/h2-3,6-7H,1,4-5,8-14H2,(H2,22,29)(H,23,30)/p+1. The predicted octanol–water partition coefficient (Wildman–Crippen LogP) is -1.39. The van der Waals surface area contributed by atoms with Crippen molar-refractivity contribution in [3.05, 3.63) is 45.1 Å². The van der Waals surface area contributed by atoms with Gasteiger partial charge in [0.2, 0.25) is 5.91 Å². The molecule has 30 heavy (non-hydrogen) atoms. The van der Waals surface area contributed by atoms with Crippen molar-refractivity contribution >= 4 is 22.7 Å². The molecule has 0 atom stereocenters. The molecule has 0 aliphatic carbocycles. The number of quaternary nitrogens is 1. The number of para-hydroxylation sites is 1.